The van der Waals surface area contributed by atoms with Gasteiger partial charge in [0, 0.05) is 31.9 Å². The number of nitrogens with zero attached hydrogens (tertiary/aromatic N) is 3. The number of rotatable bonds is 8. The number of aryl methyl sites for hydroxylation is 1. The highest BCUT2D eigenvalue weighted by Crippen LogP contribution is 1.96. The van der Waals surface area contributed by atoms with E-state index >= 15 is 0 Å². The standard InChI is InChI=1S/C11H21N5/c1-2-15(8-4-11(12)13)6-3-7-16-9-5-14-10-16/h5,9-10H,2-4,6-8H2,1H3,(H3,12,13). The van der Waals surface area contributed by atoms with E-state index in [-0.39, 0.29) is 5.84 Å². The molecule has 0 bridgehead atoms. The molecule has 0 aliphatic heterocycles. The molecular formula is C11H21N5. The quantitative estimate of drug-likeness (QED) is 0.508. The number of imidazole rings is 1. The maximum Gasteiger partial charge on any atom is 0.0945 e. The van der Waals surface area contributed by atoms with Gasteiger partial charge >= 0.3 is 0 Å². The molecule has 1 rings (SSSR count). The van der Waals surface area contributed by atoms with Gasteiger partial charge in [0.05, 0.1) is 12.2 Å². The fourth-order valence-corrected chi connectivity index (χ4v) is 1.60. The smallest absolute Gasteiger partial charge is 0.0945 e. The fourth-order valence-electron chi connectivity index (χ4n) is 1.60. The Morgan fingerprint density at radius 2 is 2.31 bits per heavy atom. The lowest BCUT2D eigenvalue weighted by Crippen LogP contribution is -2.29. The first-order valence-electron chi connectivity index (χ1n) is 5.73. The second-order valence-electron chi connectivity index (χ2n) is 3.86. The van der Waals surface area contributed by atoms with E-state index in [0.717, 1.165) is 32.6 Å². The maximum absolute atomic E-state index is 7.19. The second-order valence-corrected chi connectivity index (χ2v) is 3.86. The first-order chi connectivity index (χ1) is 7.72. The molecule has 0 atom stereocenters. The highest BCUT2D eigenvalue weighted by molar-refractivity contribution is 5.76. The Bertz CT molecular complexity index is 293. The Kier molecular flexibility index (Phi) is 5.56. The van der Waals surface area contributed by atoms with Crippen molar-refractivity contribution in [2.45, 2.75) is 26.3 Å². The Hall–Kier alpha value is -1.36. The topological polar surface area (TPSA) is 70.9 Å². The summed E-state index contributed by atoms with van der Waals surface area (Å²) in [5, 5.41) is 7.19. The normalized spacial score (nSPS) is 10.9. The summed E-state index contributed by atoms with van der Waals surface area (Å²) in [4.78, 5) is 6.32. The van der Waals surface area contributed by atoms with Gasteiger partial charge in [-0.2, -0.15) is 0 Å². The van der Waals surface area contributed by atoms with E-state index in [1.165, 1.54) is 0 Å². The lowest BCUT2D eigenvalue weighted by atomic mass is 10.3. The largest absolute Gasteiger partial charge is 0.388 e. The van der Waals surface area contributed by atoms with Crippen molar-refractivity contribution < 1.29 is 0 Å². The molecule has 0 saturated heterocycles. The molecule has 0 saturated carbocycles. The summed E-state index contributed by atoms with van der Waals surface area (Å²) in [6, 6.07) is 0. The van der Waals surface area contributed by atoms with Crippen molar-refractivity contribution >= 4 is 5.84 Å². The maximum atomic E-state index is 7.19. The number of nitrogens with one attached hydrogen (secondary N) is 1. The van der Waals surface area contributed by atoms with E-state index in [2.05, 4.69) is 21.4 Å². The Morgan fingerprint density at radius 3 is 2.88 bits per heavy atom. The zero-order chi connectivity index (χ0) is 11.8. The van der Waals surface area contributed by atoms with Gasteiger partial charge in [0.1, 0.15) is 0 Å². The van der Waals surface area contributed by atoms with Gasteiger partial charge in [-0.05, 0) is 19.5 Å². The molecule has 1 aromatic rings. The van der Waals surface area contributed by atoms with Crippen molar-refractivity contribution in [1.29, 1.82) is 5.41 Å². The molecule has 3 N–H and O–H groups in total. The van der Waals surface area contributed by atoms with E-state index in [9.17, 15) is 0 Å². The van der Waals surface area contributed by atoms with Crippen molar-refractivity contribution in [1.82, 2.24) is 14.5 Å². The van der Waals surface area contributed by atoms with Crippen LogP contribution in [0.15, 0.2) is 18.7 Å². The van der Waals surface area contributed by atoms with E-state index in [4.69, 9.17) is 11.1 Å². The molecule has 5 heteroatoms. The van der Waals surface area contributed by atoms with Crippen molar-refractivity contribution in [2.75, 3.05) is 19.6 Å². The highest BCUT2D eigenvalue weighted by Gasteiger charge is 2.02. The number of hydrogen-bond donors (Lipinski definition) is 2. The number of hydrogen-bond acceptors (Lipinski definition) is 3. The molecule has 0 amide bonds. The van der Waals surface area contributed by atoms with Crippen LogP contribution in [0, 0.1) is 5.41 Å². The fraction of sp³-hybridized carbons (Fsp3) is 0.636. The number of nitrogens with two attached hydrogens (primary N) is 1. The van der Waals surface area contributed by atoms with E-state index in [0.29, 0.717) is 6.42 Å². The van der Waals surface area contributed by atoms with Gasteiger partial charge in [-0.25, -0.2) is 4.98 Å². The summed E-state index contributed by atoms with van der Waals surface area (Å²) < 4.78 is 2.08. The van der Waals surface area contributed by atoms with Crippen LogP contribution in [0.2, 0.25) is 0 Å². The first-order valence-corrected chi connectivity index (χ1v) is 5.73. The molecule has 90 valence electrons. The SMILES string of the molecule is CCN(CCCn1ccnc1)CCC(=N)N. The van der Waals surface area contributed by atoms with Crippen molar-refractivity contribution in [3.8, 4) is 0 Å². The average molecular weight is 223 g/mol. The van der Waals surface area contributed by atoms with Gasteiger partial charge in [0.2, 0.25) is 0 Å². The van der Waals surface area contributed by atoms with Crippen LogP contribution < -0.4 is 5.73 Å². The third kappa shape index (κ3) is 4.93. The molecule has 5 nitrogen and oxygen atoms in total. The summed E-state index contributed by atoms with van der Waals surface area (Å²) in [5.74, 6) is 0.271. The third-order valence-corrected chi connectivity index (χ3v) is 2.59. The van der Waals surface area contributed by atoms with Crippen LogP contribution in [0.25, 0.3) is 0 Å². The predicted octanol–water partition coefficient (Wildman–Crippen LogP) is 0.921. The van der Waals surface area contributed by atoms with Crippen LogP contribution in [-0.4, -0.2) is 39.9 Å². The van der Waals surface area contributed by atoms with Crippen molar-refractivity contribution in [2.24, 2.45) is 5.73 Å². The lowest BCUT2D eigenvalue weighted by Gasteiger charge is -2.19. The Morgan fingerprint density at radius 1 is 1.50 bits per heavy atom. The van der Waals surface area contributed by atoms with Crippen LogP contribution in [0.3, 0.4) is 0 Å². The molecule has 0 aliphatic rings. The monoisotopic (exact) mass is 223 g/mol. The van der Waals surface area contributed by atoms with E-state index in [1.54, 1.807) is 6.20 Å². The molecule has 0 fully saturated rings. The molecule has 0 radical (unpaired) electrons. The van der Waals surface area contributed by atoms with Gasteiger partial charge in [-0.1, -0.05) is 6.92 Å². The minimum absolute atomic E-state index is 0.271. The van der Waals surface area contributed by atoms with Gasteiger partial charge < -0.3 is 15.2 Å². The summed E-state index contributed by atoms with van der Waals surface area (Å²) in [5.41, 5.74) is 5.35. The second kappa shape index (κ2) is 7.00. The molecule has 1 aromatic heterocycles. The zero-order valence-electron chi connectivity index (χ0n) is 9.89. The predicted molar refractivity (Wildman–Crippen MR) is 65.5 cm³/mol. The van der Waals surface area contributed by atoms with Gasteiger partial charge in [0.25, 0.3) is 0 Å². The third-order valence-electron chi connectivity index (χ3n) is 2.59. The van der Waals surface area contributed by atoms with Gasteiger partial charge in [0.15, 0.2) is 0 Å². The zero-order valence-corrected chi connectivity index (χ0v) is 9.89. The van der Waals surface area contributed by atoms with Gasteiger partial charge in [-0.3, -0.25) is 5.41 Å². The van der Waals surface area contributed by atoms with Crippen molar-refractivity contribution in [3.05, 3.63) is 18.7 Å². The van der Waals surface area contributed by atoms with E-state index < -0.39 is 0 Å². The van der Waals surface area contributed by atoms with E-state index in [1.807, 2.05) is 12.5 Å². The van der Waals surface area contributed by atoms with Gasteiger partial charge in [-0.15, -0.1) is 0 Å². The molecule has 16 heavy (non-hydrogen) atoms. The highest BCUT2D eigenvalue weighted by atomic mass is 15.1. The van der Waals surface area contributed by atoms with Crippen LogP contribution >= 0.6 is 0 Å². The molecule has 0 unspecified atom stereocenters. The Labute approximate surface area is 96.8 Å². The van der Waals surface area contributed by atoms with Crippen LogP contribution in [-0.2, 0) is 6.54 Å². The minimum Gasteiger partial charge on any atom is -0.388 e. The summed E-state index contributed by atoms with van der Waals surface area (Å²) in [6.07, 6.45) is 7.38. The summed E-state index contributed by atoms with van der Waals surface area (Å²) in [7, 11) is 0. The molecular weight excluding hydrogens is 202 g/mol. The van der Waals surface area contributed by atoms with Crippen molar-refractivity contribution in [3.63, 3.8) is 0 Å². The molecule has 0 spiro atoms. The van der Waals surface area contributed by atoms with Crippen LogP contribution in [0.4, 0.5) is 0 Å². The summed E-state index contributed by atoms with van der Waals surface area (Å²) >= 11 is 0. The summed E-state index contributed by atoms with van der Waals surface area (Å²) in [6.45, 7) is 6.07. The first kappa shape index (κ1) is 12.7. The Balaban J connectivity index is 2.16. The average Bonchev–Trinajstić information content (AvgIpc) is 2.75. The number of amidine groups is 1. The van der Waals surface area contributed by atoms with Crippen LogP contribution in [0.5, 0.6) is 0 Å². The minimum atomic E-state index is 0.271. The molecule has 0 aromatic carbocycles. The molecule has 1 heterocycles. The van der Waals surface area contributed by atoms with Crippen LogP contribution in [0.1, 0.15) is 19.8 Å². The molecule has 0 aliphatic carbocycles. The number of aromatic nitrogens is 2. The lowest BCUT2D eigenvalue weighted by molar-refractivity contribution is 0.286.